The first-order valence-electron chi connectivity index (χ1n) is 6.17. The summed E-state index contributed by atoms with van der Waals surface area (Å²) in [4.78, 5) is 0. The number of halogens is 1. The molecule has 18 heavy (non-hydrogen) atoms. The fraction of sp³-hybridized carbons (Fsp3) is 0.357. The Kier molecular flexibility index (Phi) is 4.19. The molecule has 0 aliphatic carbocycles. The van der Waals surface area contributed by atoms with Gasteiger partial charge in [0.25, 0.3) is 0 Å². The highest BCUT2D eigenvalue weighted by Gasteiger charge is 2.19. The summed E-state index contributed by atoms with van der Waals surface area (Å²) in [5.74, 6) is 0. The maximum atomic E-state index is 6.40. The van der Waals surface area contributed by atoms with E-state index in [2.05, 4.69) is 47.0 Å². The van der Waals surface area contributed by atoms with E-state index < -0.39 is 0 Å². The molecule has 1 aromatic heterocycles. The first-order valence-corrected chi connectivity index (χ1v) is 6.96. The van der Waals surface area contributed by atoms with Crippen molar-refractivity contribution in [3.63, 3.8) is 0 Å². The lowest BCUT2D eigenvalue weighted by atomic mass is 9.99. The van der Waals surface area contributed by atoms with Crippen LogP contribution in [0.3, 0.4) is 0 Å². The first-order chi connectivity index (χ1) is 8.65. The molecule has 1 unspecified atom stereocenters. The summed E-state index contributed by atoms with van der Waals surface area (Å²) in [5.41, 5.74) is 9.81. The fourth-order valence-electron chi connectivity index (χ4n) is 2.15. The van der Waals surface area contributed by atoms with E-state index in [4.69, 9.17) is 5.73 Å². The van der Waals surface area contributed by atoms with Crippen molar-refractivity contribution >= 4 is 15.9 Å². The van der Waals surface area contributed by atoms with Crippen molar-refractivity contribution in [3.8, 4) is 0 Å². The number of rotatable bonds is 4. The summed E-state index contributed by atoms with van der Waals surface area (Å²) in [6, 6.07) is 8.08. The van der Waals surface area contributed by atoms with E-state index in [0.717, 1.165) is 28.7 Å². The maximum Gasteiger partial charge on any atom is 0.0739 e. The quantitative estimate of drug-likeness (QED) is 0.940. The Morgan fingerprint density at radius 2 is 2.11 bits per heavy atom. The number of aryl methyl sites for hydroxylation is 2. The van der Waals surface area contributed by atoms with Crippen LogP contribution in [0.4, 0.5) is 0 Å². The molecule has 0 radical (unpaired) electrons. The Morgan fingerprint density at radius 1 is 1.39 bits per heavy atom. The fourth-order valence-corrected chi connectivity index (χ4v) is 2.70. The van der Waals surface area contributed by atoms with Crippen molar-refractivity contribution in [2.75, 3.05) is 0 Å². The van der Waals surface area contributed by atoms with E-state index in [0.29, 0.717) is 0 Å². The van der Waals surface area contributed by atoms with Crippen molar-refractivity contribution in [2.24, 2.45) is 5.73 Å². The van der Waals surface area contributed by atoms with Gasteiger partial charge < -0.3 is 5.73 Å². The summed E-state index contributed by atoms with van der Waals surface area (Å²) < 4.78 is 2.97. The number of benzene rings is 1. The summed E-state index contributed by atoms with van der Waals surface area (Å²) in [5, 5.41) is 4.37. The van der Waals surface area contributed by atoms with Crippen molar-refractivity contribution in [1.29, 1.82) is 0 Å². The Morgan fingerprint density at radius 3 is 2.78 bits per heavy atom. The van der Waals surface area contributed by atoms with Gasteiger partial charge in [-0.15, -0.1) is 0 Å². The zero-order valence-corrected chi connectivity index (χ0v) is 12.3. The number of nitrogens with zero attached hydrogens (tertiary/aromatic N) is 2. The van der Waals surface area contributed by atoms with Crippen LogP contribution < -0.4 is 5.73 Å². The largest absolute Gasteiger partial charge is 0.319 e. The zero-order chi connectivity index (χ0) is 13.1. The van der Waals surface area contributed by atoms with Crippen molar-refractivity contribution in [2.45, 2.75) is 32.9 Å². The SMILES string of the molecule is CCCn1ncc(Br)c1C(N)c1ccccc1C. The van der Waals surface area contributed by atoms with Crippen LogP contribution in [0.1, 0.15) is 36.2 Å². The summed E-state index contributed by atoms with van der Waals surface area (Å²) in [6.45, 7) is 5.11. The maximum absolute atomic E-state index is 6.40. The third-order valence-corrected chi connectivity index (χ3v) is 3.70. The molecule has 3 nitrogen and oxygen atoms in total. The molecule has 96 valence electrons. The number of aromatic nitrogens is 2. The van der Waals surface area contributed by atoms with Gasteiger partial charge in [0, 0.05) is 6.54 Å². The topological polar surface area (TPSA) is 43.8 Å². The predicted octanol–water partition coefficient (Wildman–Crippen LogP) is 3.41. The van der Waals surface area contributed by atoms with E-state index in [9.17, 15) is 0 Å². The van der Waals surface area contributed by atoms with Gasteiger partial charge in [0.05, 0.1) is 22.4 Å². The monoisotopic (exact) mass is 307 g/mol. The molecule has 0 bridgehead atoms. The Bertz CT molecular complexity index is 534. The van der Waals surface area contributed by atoms with Gasteiger partial charge in [0.1, 0.15) is 0 Å². The van der Waals surface area contributed by atoms with E-state index in [1.165, 1.54) is 5.56 Å². The molecule has 2 rings (SSSR count). The van der Waals surface area contributed by atoms with E-state index in [-0.39, 0.29) is 6.04 Å². The summed E-state index contributed by atoms with van der Waals surface area (Å²) in [7, 11) is 0. The van der Waals surface area contributed by atoms with Crippen LogP contribution >= 0.6 is 15.9 Å². The van der Waals surface area contributed by atoms with Crippen molar-refractivity contribution in [3.05, 3.63) is 51.8 Å². The smallest absolute Gasteiger partial charge is 0.0739 e. The minimum Gasteiger partial charge on any atom is -0.319 e. The van der Waals surface area contributed by atoms with Crippen molar-refractivity contribution < 1.29 is 0 Å². The Labute approximate surface area is 116 Å². The molecule has 1 atom stereocenters. The Balaban J connectivity index is 2.42. The molecule has 0 amide bonds. The van der Waals surface area contributed by atoms with Crippen LogP contribution in [0.25, 0.3) is 0 Å². The summed E-state index contributed by atoms with van der Waals surface area (Å²) >= 11 is 3.55. The Hall–Kier alpha value is -1.13. The molecule has 2 N–H and O–H groups in total. The molecule has 0 spiro atoms. The third kappa shape index (κ3) is 2.49. The second-order valence-corrected chi connectivity index (χ2v) is 5.29. The molecule has 0 saturated heterocycles. The van der Waals surface area contributed by atoms with Crippen LogP contribution in [0.5, 0.6) is 0 Å². The highest BCUT2D eigenvalue weighted by atomic mass is 79.9. The van der Waals surface area contributed by atoms with Crippen molar-refractivity contribution in [1.82, 2.24) is 9.78 Å². The van der Waals surface area contributed by atoms with Gasteiger partial charge in [-0.3, -0.25) is 4.68 Å². The first kappa shape index (κ1) is 13.3. The molecular weight excluding hydrogens is 290 g/mol. The number of hydrogen-bond donors (Lipinski definition) is 1. The van der Waals surface area contributed by atoms with E-state index >= 15 is 0 Å². The second kappa shape index (κ2) is 5.67. The van der Waals surface area contributed by atoms with Gasteiger partial charge in [-0.05, 0) is 40.4 Å². The second-order valence-electron chi connectivity index (χ2n) is 4.44. The van der Waals surface area contributed by atoms with Gasteiger partial charge in [0.15, 0.2) is 0 Å². The molecule has 0 saturated carbocycles. The van der Waals surface area contributed by atoms with Gasteiger partial charge in [0.2, 0.25) is 0 Å². The molecule has 4 heteroatoms. The minimum absolute atomic E-state index is 0.144. The van der Waals surface area contributed by atoms with Crippen LogP contribution in [-0.2, 0) is 6.54 Å². The van der Waals surface area contributed by atoms with Crippen LogP contribution in [0, 0.1) is 6.92 Å². The lowest BCUT2D eigenvalue weighted by molar-refractivity contribution is 0.558. The zero-order valence-electron chi connectivity index (χ0n) is 10.7. The molecular formula is C14H18BrN3. The molecule has 0 aliphatic rings. The van der Waals surface area contributed by atoms with Gasteiger partial charge in [-0.25, -0.2) is 0 Å². The average Bonchev–Trinajstić information content (AvgIpc) is 2.71. The normalized spacial score (nSPS) is 12.7. The molecule has 1 aromatic carbocycles. The number of hydrogen-bond acceptors (Lipinski definition) is 2. The molecule has 2 aromatic rings. The predicted molar refractivity (Wildman–Crippen MR) is 77.4 cm³/mol. The molecule has 0 fully saturated rings. The van der Waals surface area contributed by atoms with Gasteiger partial charge >= 0.3 is 0 Å². The van der Waals surface area contributed by atoms with E-state index in [1.54, 1.807) is 0 Å². The van der Waals surface area contributed by atoms with Crippen LogP contribution in [0.15, 0.2) is 34.9 Å². The summed E-state index contributed by atoms with van der Waals surface area (Å²) in [6.07, 6.45) is 2.87. The lowest BCUT2D eigenvalue weighted by Crippen LogP contribution is -2.19. The lowest BCUT2D eigenvalue weighted by Gasteiger charge is -2.17. The number of nitrogens with two attached hydrogens (primary N) is 1. The van der Waals surface area contributed by atoms with E-state index in [1.807, 2.05) is 23.0 Å². The highest BCUT2D eigenvalue weighted by Crippen LogP contribution is 2.28. The van der Waals surface area contributed by atoms with Gasteiger partial charge in [-0.1, -0.05) is 31.2 Å². The molecule has 1 heterocycles. The average molecular weight is 308 g/mol. The minimum atomic E-state index is -0.144. The van der Waals surface area contributed by atoms with Crippen LogP contribution in [-0.4, -0.2) is 9.78 Å². The highest BCUT2D eigenvalue weighted by molar-refractivity contribution is 9.10. The third-order valence-electron chi connectivity index (χ3n) is 3.09. The standard InChI is InChI=1S/C14H18BrN3/c1-3-8-18-14(12(15)9-17-18)13(16)11-7-5-4-6-10(11)2/h4-7,9,13H,3,8,16H2,1-2H3. The molecule has 0 aliphatic heterocycles. The van der Waals surface area contributed by atoms with Crippen LogP contribution in [0.2, 0.25) is 0 Å². The van der Waals surface area contributed by atoms with Gasteiger partial charge in [-0.2, -0.15) is 5.10 Å².